The molecule has 1 rings (SSSR count). The summed E-state index contributed by atoms with van der Waals surface area (Å²) in [6.45, 7) is 5.34. The first-order chi connectivity index (χ1) is 8.69. The normalized spacial score (nSPS) is 25.5. The van der Waals surface area contributed by atoms with E-state index in [1.807, 2.05) is 13.8 Å². The second-order valence-electron chi connectivity index (χ2n) is 6.02. The molecule has 2 atom stereocenters. The number of sulfonamides is 1. The maximum atomic E-state index is 11.6. The fraction of sp³-hybridized carbons (Fsp3) is 1.00. The molecule has 2 unspecified atom stereocenters. The summed E-state index contributed by atoms with van der Waals surface area (Å²) in [6, 6.07) is 0. The monoisotopic (exact) mass is 293 g/mol. The van der Waals surface area contributed by atoms with Crippen LogP contribution in [0.2, 0.25) is 0 Å². The fourth-order valence-corrected chi connectivity index (χ4v) is 3.65. The van der Waals surface area contributed by atoms with Crippen LogP contribution in [0.5, 0.6) is 0 Å². The quantitative estimate of drug-likeness (QED) is 0.796. The van der Waals surface area contributed by atoms with Crippen LogP contribution in [0.1, 0.15) is 33.1 Å². The van der Waals surface area contributed by atoms with Crippen molar-refractivity contribution in [1.82, 2.24) is 4.31 Å². The lowest BCUT2D eigenvalue weighted by atomic mass is 9.80. The van der Waals surface area contributed by atoms with Crippen LogP contribution in [-0.2, 0) is 14.8 Å². The molecule has 0 aliphatic carbocycles. The Hall–Kier alpha value is -0.170. The van der Waals surface area contributed by atoms with Crippen molar-refractivity contribution in [1.29, 1.82) is 0 Å². The minimum absolute atomic E-state index is 0.0843. The summed E-state index contributed by atoms with van der Waals surface area (Å²) in [7, 11) is -1.55. The number of piperidine rings is 1. The largest absolute Gasteiger partial charge is 0.387 e. The van der Waals surface area contributed by atoms with E-state index in [1.165, 1.54) is 10.6 Å². The second kappa shape index (κ2) is 6.52. The average molecular weight is 293 g/mol. The van der Waals surface area contributed by atoms with Gasteiger partial charge in [0, 0.05) is 20.2 Å². The van der Waals surface area contributed by atoms with E-state index < -0.39 is 15.6 Å². The van der Waals surface area contributed by atoms with Gasteiger partial charge in [0.15, 0.2) is 0 Å². The van der Waals surface area contributed by atoms with E-state index in [2.05, 4.69) is 0 Å². The molecular weight excluding hydrogens is 266 g/mol. The van der Waals surface area contributed by atoms with Crippen LogP contribution in [0.3, 0.4) is 0 Å². The Balaban J connectivity index is 2.70. The Morgan fingerprint density at radius 2 is 2.11 bits per heavy atom. The number of ether oxygens (including phenoxy) is 1. The van der Waals surface area contributed by atoms with Crippen LogP contribution in [0.4, 0.5) is 0 Å². The average Bonchev–Trinajstić information content (AvgIpc) is 2.28. The fourth-order valence-electron chi connectivity index (χ4n) is 2.71. The number of methoxy groups -OCH3 is 1. The number of nitrogens with zero attached hydrogens (tertiary/aromatic N) is 1. The molecule has 19 heavy (non-hydrogen) atoms. The second-order valence-corrected chi connectivity index (χ2v) is 8.01. The molecule has 1 saturated heterocycles. The zero-order valence-corrected chi connectivity index (χ0v) is 13.2. The summed E-state index contributed by atoms with van der Waals surface area (Å²) >= 11 is 0. The highest BCUT2D eigenvalue weighted by molar-refractivity contribution is 7.88. The zero-order valence-electron chi connectivity index (χ0n) is 12.4. The molecule has 0 aromatic rings. The Kier molecular flexibility index (Phi) is 5.79. The van der Waals surface area contributed by atoms with Gasteiger partial charge in [0.25, 0.3) is 0 Å². The lowest BCUT2D eigenvalue weighted by Crippen LogP contribution is -2.46. The molecule has 1 aliphatic rings. The minimum Gasteiger partial charge on any atom is -0.387 e. The van der Waals surface area contributed by atoms with E-state index in [9.17, 15) is 13.5 Å². The SMILES string of the molecule is COCC(O)(CC1CCCN(S(C)(=O)=O)C1)C(C)C. The van der Waals surface area contributed by atoms with Gasteiger partial charge in [-0.05, 0) is 31.1 Å². The smallest absolute Gasteiger partial charge is 0.211 e. The maximum Gasteiger partial charge on any atom is 0.211 e. The highest BCUT2D eigenvalue weighted by Gasteiger charge is 2.36. The third kappa shape index (κ3) is 4.70. The molecule has 0 amide bonds. The number of rotatable bonds is 6. The lowest BCUT2D eigenvalue weighted by molar-refractivity contribution is -0.0828. The van der Waals surface area contributed by atoms with E-state index in [0.29, 0.717) is 26.1 Å². The zero-order chi connectivity index (χ0) is 14.7. The van der Waals surface area contributed by atoms with Crippen LogP contribution in [-0.4, -0.2) is 56.5 Å². The molecule has 0 saturated carbocycles. The third-order valence-corrected chi connectivity index (χ3v) is 5.33. The van der Waals surface area contributed by atoms with Gasteiger partial charge in [0.1, 0.15) is 0 Å². The molecule has 1 aliphatic heterocycles. The topological polar surface area (TPSA) is 66.8 Å². The molecule has 0 aromatic carbocycles. The van der Waals surface area contributed by atoms with Crippen molar-refractivity contribution in [3.63, 3.8) is 0 Å². The summed E-state index contributed by atoms with van der Waals surface area (Å²) in [5.41, 5.74) is -0.875. The number of aliphatic hydroxyl groups is 1. The van der Waals surface area contributed by atoms with Crippen LogP contribution >= 0.6 is 0 Å². The van der Waals surface area contributed by atoms with Crippen molar-refractivity contribution in [3.05, 3.63) is 0 Å². The minimum atomic E-state index is -3.13. The summed E-state index contributed by atoms with van der Waals surface area (Å²) in [6.07, 6.45) is 3.66. The number of hydrogen-bond donors (Lipinski definition) is 1. The molecule has 0 aromatic heterocycles. The molecular formula is C13H27NO4S. The first-order valence-corrected chi connectivity index (χ1v) is 8.70. The van der Waals surface area contributed by atoms with E-state index >= 15 is 0 Å². The lowest BCUT2D eigenvalue weighted by Gasteiger charge is -2.38. The van der Waals surface area contributed by atoms with Crippen LogP contribution in [0.25, 0.3) is 0 Å². The third-order valence-electron chi connectivity index (χ3n) is 4.06. The van der Waals surface area contributed by atoms with Gasteiger partial charge in [-0.15, -0.1) is 0 Å². The van der Waals surface area contributed by atoms with E-state index in [1.54, 1.807) is 7.11 Å². The molecule has 5 nitrogen and oxygen atoms in total. The Morgan fingerprint density at radius 1 is 1.47 bits per heavy atom. The van der Waals surface area contributed by atoms with Gasteiger partial charge in [-0.2, -0.15) is 0 Å². The predicted molar refractivity (Wildman–Crippen MR) is 75.4 cm³/mol. The van der Waals surface area contributed by atoms with Crippen molar-refractivity contribution in [2.45, 2.75) is 38.7 Å². The van der Waals surface area contributed by atoms with Crippen LogP contribution in [0.15, 0.2) is 0 Å². The van der Waals surface area contributed by atoms with Crippen molar-refractivity contribution in [3.8, 4) is 0 Å². The molecule has 6 heteroatoms. The van der Waals surface area contributed by atoms with Crippen molar-refractivity contribution in [2.24, 2.45) is 11.8 Å². The highest BCUT2D eigenvalue weighted by atomic mass is 32.2. The van der Waals surface area contributed by atoms with E-state index in [0.717, 1.165) is 12.8 Å². The molecule has 1 fully saturated rings. The summed E-state index contributed by atoms with van der Waals surface area (Å²) in [5.74, 6) is 0.284. The summed E-state index contributed by atoms with van der Waals surface area (Å²) in [4.78, 5) is 0. The molecule has 0 bridgehead atoms. The van der Waals surface area contributed by atoms with Gasteiger partial charge in [0.2, 0.25) is 10.0 Å². The van der Waals surface area contributed by atoms with Gasteiger partial charge in [-0.1, -0.05) is 13.8 Å². The predicted octanol–water partition coefficient (Wildman–Crippen LogP) is 1.08. The van der Waals surface area contributed by atoms with Crippen LogP contribution in [0, 0.1) is 11.8 Å². The standard InChI is InChI=1S/C13H27NO4S/c1-11(2)13(15,10-18-3)8-12-6-5-7-14(9-12)19(4,16)17/h11-12,15H,5-10H2,1-4H3. The highest BCUT2D eigenvalue weighted by Crippen LogP contribution is 2.31. The van der Waals surface area contributed by atoms with Gasteiger partial charge in [-0.25, -0.2) is 12.7 Å². The molecule has 1 heterocycles. The van der Waals surface area contributed by atoms with Gasteiger partial charge in [-0.3, -0.25) is 0 Å². The summed E-state index contributed by atoms with van der Waals surface area (Å²) < 4.78 is 29.8. The van der Waals surface area contributed by atoms with Gasteiger partial charge >= 0.3 is 0 Å². The Labute approximate surface area is 117 Å². The molecule has 0 radical (unpaired) electrons. The molecule has 1 N–H and O–H groups in total. The molecule has 114 valence electrons. The van der Waals surface area contributed by atoms with E-state index in [-0.39, 0.29) is 11.8 Å². The van der Waals surface area contributed by atoms with Crippen molar-refractivity contribution < 1.29 is 18.3 Å². The first-order valence-electron chi connectivity index (χ1n) is 6.85. The maximum absolute atomic E-state index is 11.6. The van der Waals surface area contributed by atoms with E-state index in [4.69, 9.17) is 4.74 Å². The van der Waals surface area contributed by atoms with Gasteiger partial charge in [0.05, 0.1) is 18.5 Å². The Morgan fingerprint density at radius 3 is 2.58 bits per heavy atom. The Bertz CT molecular complexity index is 382. The summed E-state index contributed by atoms with van der Waals surface area (Å²) in [5, 5.41) is 10.6. The van der Waals surface area contributed by atoms with Gasteiger partial charge < -0.3 is 9.84 Å². The molecule has 0 spiro atoms. The van der Waals surface area contributed by atoms with Crippen molar-refractivity contribution >= 4 is 10.0 Å². The number of hydrogen-bond acceptors (Lipinski definition) is 4. The first kappa shape index (κ1) is 16.9. The van der Waals surface area contributed by atoms with Crippen LogP contribution < -0.4 is 0 Å². The van der Waals surface area contributed by atoms with Crippen molar-refractivity contribution in [2.75, 3.05) is 33.1 Å².